The lowest BCUT2D eigenvalue weighted by atomic mass is 9.89. The van der Waals surface area contributed by atoms with Crippen LogP contribution in [-0.2, 0) is 27.4 Å². The number of hydrogen-bond donors (Lipinski definition) is 2. The number of likely N-dealkylation sites (N-methyl/N-ethyl adjacent to an activating group) is 1. The van der Waals surface area contributed by atoms with Crippen molar-refractivity contribution in [1.82, 2.24) is 14.2 Å². The zero-order chi connectivity index (χ0) is 31.3. The summed E-state index contributed by atoms with van der Waals surface area (Å²) in [5, 5.41) is 13.3. The van der Waals surface area contributed by atoms with Gasteiger partial charge in [0.1, 0.15) is 11.6 Å². The molecule has 4 aromatic rings. The van der Waals surface area contributed by atoms with Gasteiger partial charge >= 0.3 is 12.1 Å². The summed E-state index contributed by atoms with van der Waals surface area (Å²) in [6.07, 6.45) is -5.03. The molecule has 0 bridgehead atoms. The van der Waals surface area contributed by atoms with Gasteiger partial charge in [-0.2, -0.15) is 17.5 Å². The molecular weight excluding hydrogens is 587 g/mol. The largest absolute Gasteiger partial charge is 0.480 e. The van der Waals surface area contributed by atoms with E-state index in [1.807, 2.05) is 12.1 Å². The van der Waals surface area contributed by atoms with Crippen LogP contribution >= 0.6 is 0 Å². The zero-order valence-electron chi connectivity index (χ0n) is 23.0. The number of carbonyl (C=O) groups excluding carboxylic acids is 1. The first-order valence-corrected chi connectivity index (χ1v) is 14.6. The SMILES string of the molecule is CCNC(=O)c1c(Cc2cccc3ccccc23)c(-c2cccc(C(F)(F)F)c2)c2n(c1=O)C(C(=O)O)CN(C)S2(=O)=O. The standard InChI is InChI=1S/C30H26F3N3O6S/c1-3-34-26(37)25-22(15-18-10-6-9-17-8-4-5-13-21(17)18)24(19-11-7-12-20(14-19)30(31,32)33)28-36(27(25)38)23(29(39)40)16-35(2)43(28,41)42/h4-14,23H,3,15-16H2,1-2H3,(H,34,37)(H,39,40). The van der Waals surface area contributed by atoms with Crippen LogP contribution in [-0.4, -0.2) is 54.4 Å². The highest BCUT2D eigenvalue weighted by Crippen LogP contribution is 2.41. The van der Waals surface area contributed by atoms with E-state index in [0.717, 1.165) is 34.9 Å². The lowest BCUT2D eigenvalue weighted by molar-refractivity contribution is -0.141. The summed E-state index contributed by atoms with van der Waals surface area (Å²) < 4.78 is 70.6. The van der Waals surface area contributed by atoms with Crippen molar-refractivity contribution in [2.24, 2.45) is 0 Å². The molecule has 224 valence electrons. The minimum atomic E-state index is -4.81. The van der Waals surface area contributed by atoms with Crippen molar-refractivity contribution in [2.75, 3.05) is 20.1 Å². The molecule has 1 aliphatic heterocycles. The van der Waals surface area contributed by atoms with Crippen molar-refractivity contribution in [3.8, 4) is 11.1 Å². The summed E-state index contributed by atoms with van der Waals surface area (Å²) >= 11 is 0. The molecule has 0 fully saturated rings. The fraction of sp³-hybridized carbons (Fsp3) is 0.233. The predicted octanol–water partition coefficient (Wildman–Crippen LogP) is 4.29. The Bertz CT molecular complexity index is 1950. The number of fused-ring (bicyclic) bond motifs is 2. The normalized spacial score (nSPS) is 16.5. The van der Waals surface area contributed by atoms with Gasteiger partial charge in [-0.15, -0.1) is 0 Å². The van der Waals surface area contributed by atoms with E-state index in [2.05, 4.69) is 5.32 Å². The molecular formula is C30H26F3N3O6S. The summed E-state index contributed by atoms with van der Waals surface area (Å²) in [7, 11) is -3.51. The summed E-state index contributed by atoms with van der Waals surface area (Å²) in [6.45, 7) is 1.02. The highest BCUT2D eigenvalue weighted by atomic mass is 32.2. The Balaban J connectivity index is 2.00. The number of aliphatic carboxylic acids is 1. The fourth-order valence-electron chi connectivity index (χ4n) is 5.46. The first kappa shape index (κ1) is 30.0. The van der Waals surface area contributed by atoms with Gasteiger partial charge in [-0.25, -0.2) is 13.2 Å². The van der Waals surface area contributed by atoms with E-state index in [-0.39, 0.29) is 29.7 Å². The van der Waals surface area contributed by atoms with Crippen LogP contribution in [0.3, 0.4) is 0 Å². The molecule has 0 radical (unpaired) electrons. The summed E-state index contributed by atoms with van der Waals surface area (Å²) in [6, 6.07) is 14.6. The zero-order valence-corrected chi connectivity index (χ0v) is 23.8. The Morgan fingerprint density at radius 3 is 2.40 bits per heavy atom. The van der Waals surface area contributed by atoms with Gasteiger partial charge in [0.25, 0.3) is 21.5 Å². The number of nitrogens with one attached hydrogen (secondary N) is 1. The molecule has 2 N–H and O–H groups in total. The smallest absolute Gasteiger partial charge is 0.416 e. The molecule has 1 aromatic heterocycles. The van der Waals surface area contributed by atoms with Crippen molar-refractivity contribution in [3.05, 3.63) is 99.3 Å². The summed E-state index contributed by atoms with van der Waals surface area (Å²) in [5.74, 6) is -2.46. The number of pyridine rings is 1. The highest BCUT2D eigenvalue weighted by Gasteiger charge is 2.44. The van der Waals surface area contributed by atoms with Crippen molar-refractivity contribution in [2.45, 2.75) is 30.6 Å². The van der Waals surface area contributed by atoms with Crippen LogP contribution < -0.4 is 10.9 Å². The first-order valence-electron chi connectivity index (χ1n) is 13.2. The molecule has 3 aromatic carbocycles. The molecule has 0 aliphatic carbocycles. The molecule has 2 heterocycles. The summed E-state index contributed by atoms with van der Waals surface area (Å²) in [4.78, 5) is 40.0. The molecule has 1 aliphatic rings. The van der Waals surface area contributed by atoms with E-state index in [1.54, 1.807) is 37.3 Å². The third-order valence-corrected chi connectivity index (χ3v) is 9.30. The Morgan fingerprint density at radius 2 is 1.72 bits per heavy atom. The van der Waals surface area contributed by atoms with Gasteiger partial charge in [-0.05, 0) is 52.9 Å². The maximum absolute atomic E-state index is 14.1. The number of carboxylic acids is 1. The first-order chi connectivity index (χ1) is 20.3. The molecule has 9 nitrogen and oxygen atoms in total. The van der Waals surface area contributed by atoms with Crippen LogP contribution in [0.25, 0.3) is 21.9 Å². The van der Waals surface area contributed by atoms with Gasteiger partial charge in [0, 0.05) is 25.7 Å². The number of benzene rings is 3. The van der Waals surface area contributed by atoms with Crippen molar-refractivity contribution in [1.29, 1.82) is 0 Å². The van der Waals surface area contributed by atoms with E-state index in [9.17, 15) is 41.1 Å². The molecule has 1 unspecified atom stereocenters. The number of hydrogen-bond acceptors (Lipinski definition) is 5. The Morgan fingerprint density at radius 1 is 1.05 bits per heavy atom. The quantitative estimate of drug-likeness (QED) is 0.334. The second-order valence-corrected chi connectivity index (χ2v) is 12.1. The molecule has 13 heteroatoms. The number of aromatic nitrogens is 1. The molecule has 0 saturated carbocycles. The van der Waals surface area contributed by atoms with Crippen molar-refractivity contribution >= 4 is 32.7 Å². The second kappa shape index (κ2) is 11.0. The number of alkyl halides is 3. The van der Waals surface area contributed by atoms with E-state index in [1.165, 1.54) is 6.07 Å². The molecule has 1 atom stereocenters. The van der Waals surface area contributed by atoms with E-state index >= 15 is 0 Å². The topological polar surface area (TPSA) is 126 Å². The van der Waals surface area contributed by atoms with Gasteiger partial charge in [-0.3, -0.25) is 14.2 Å². The molecule has 43 heavy (non-hydrogen) atoms. The Hall–Kier alpha value is -4.49. The van der Waals surface area contributed by atoms with E-state index in [0.29, 0.717) is 15.5 Å². The Labute approximate surface area is 244 Å². The van der Waals surface area contributed by atoms with Crippen LogP contribution in [0.1, 0.15) is 40.0 Å². The monoisotopic (exact) mass is 613 g/mol. The summed E-state index contributed by atoms with van der Waals surface area (Å²) in [5.41, 5.74) is -2.98. The maximum Gasteiger partial charge on any atom is 0.416 e. The fourth-order valence-corrected chi connectivity index (χ4v) is 7.05. The molecule has 1 amide bonds. The van der Waals surface area contributed by atoms with Crippen molar-refractivity contribution < 1.29 is 36.3 Å². The third-order valence-electron chi connectivity index (χ3n) is 7.44. The van der Waals surface area contributed by atoms with Gasteiger partial charge < -0.3 is 10.4 Å². The maximum atomic E-state index is 14.1. The van der Waals surface area contributed by atoms with E-state index in [4.69, 9.17) is 0 Å². The lowest BCUT2D eigenvalue weighted by Gasteiger charge is -2.34. The number of sulfonamides is 1. The highest BCUT2D eigenvalue weighted by molar-refractivity contribution is 7.89. The Kier molecular flexibility index (Phi) is 7.65. The lowest BCUT2D eigenvalue weighted by Crippen LogP contribution is -2.50. The number of nitrogens with zero attached hydrogens (tertiary/aromatic N) is 2. The van der Waals surface area contributed by atoms with Gasteiger partial charge in [0.2, 0.25) is 0 Å². The number of rotatable bonds is 6. The van der Waals surface area contributed by atoms with Crippen LogP contribution in [0.5, 0.6) is 0 Å². The van der Waals surface area contributed by atoms with Crippen LogP contribution in [0.4, 0.5) is 13.2 Å². The molecule has 5 rings (SSSR count). The number of amides is 1. The van der Waals surface area contributed by atoms with Crippen molar-refractivity contribution in [3.63, 3.8) is 0 Å². The average Bonchev–Trinajstić information content (AvgIpc) is 2.95. The average molecular weight is 614 g/mol. The third kappa shape index (κ3) is 5.19. The number of halogens is 3. The molecule has 0 saturated heterocycles. The van der Waals surface area contributed by atoms with Gasteiger partial charge in [0.05, 0.1) is 5.56 Å². The number of carboxylic acid groups (broad SMARTS) is 1. The van der Waals surface area contributed by atoms with Crippen LogP contribution in [0, 0.1) is 0 Å². The minimum absolute atomic E-state index is 0.0655. The number of carbonyl (C=O) groups is 2. The minimum Gasteiger partial charge on any atom is -0.480 e. The molecule has 0 spiro atoms. The second-order valence-electron chi connectivity index (χ2n) is 10.1. The predicted molar refractivity (Wildman–Crippen MR) is 152 cm³/mol. The van der Waals surface area contributed by atoms with Gasteiger partial charge in [0.15, 0.2) is 5.03 Å². The van der Waals surface area contributed by atoms with E-state index < -0.39 is 62.4 Å². The van der Waals surface area contributed by atoms with Crippen LogP contribution in [0.15, 0.2) is 76.6 Å². The van der Waals surface area contributed by atoms with Crippen LogP contribution in [0.2, 0.25) is 0 Å². The van der Waals surface area contributed by atoms with Gasteiger partial charge in [-0.1, -0.05) is 54.6 Å².